The van der Waals surface area contributed by atoms with Crippen molar-refractivity contribution in [2.45, 2.75) is 0 Å². The second kappa shape index (κ2) is 17.9. The zero-order valence-electron chi connectivity index (χ0n) is 39.2. The molecule has 8 heteroatoms. The molecule has 0 saturated heterocycles. The molecular formula is C66H34N8. The van der Waals surface area contributed by atoms with Crippen LogP contribution in [0.3, 0.4) is 0 Å². The number of hydrogen-bond acceptors (Lipinski definition) is 6. The Labute approximate surface area is 425 Å². The maximum Gasteiger partial charge on any atom is 0.0993 e. The lowest BCUT2D eigenvalue weighted by Crippen LogP contribution is -2.05. The van der Waals surface area contributed by atoms with Gasteiger partial charge in [-0.05, 0) is 171 Å². The van der Waals surface area contributed by atoms with Crippen LogP contribution in [0.15, 0.2) is 206 Å². The number of rotatable bonds is 7. The minimum atomic E-state index is 0.407. The fourth-order valence-electron chi connectivity index (χ4n) is 10.4. The van der Waals surface area contributed by atoms with Gasteiger partial charge in [-0.2, -0.15) is 31.6 Å². The van der Waals surface area contributed by atoms with Gasteiger partial charge in [0.2, 0.25) is 0 Å². The van der Waals surface area contributed by atoms with E-state index < -0.39 is 0 Å². The number of nitrogens with zero attached hydrogens (tertiary/aromatic N) is 8. The standard InChI is InChI=1S/C66H34N8/c67-35-41-6-1-11-47(24-41)51-16-20-60-56(31-51)57-32-52(48-12-2-7-42(25-48)36-68)17-21-61(57)73(60)64-29-46(40-72)30-65(66(64)55-15-5-10-45(28-55)39-71)74-62-22-18-53(49-13-3-8-43(26-49)37-69)33-58(62)59-34-54(19-23-63(59)74)50-14-4-9-44(27-50)38-70/h1-34H. The van der Waals surface area contributed by atoms with E-state index in [1.807, 2.05) is 103 Å². The summed E-state index contributed by atoms with van der Waals surface area (Å²) in [6, 6.07) is 80.7. The maximum atomic E-state index is 11.1. The predicted octanol–water partition coefficient (Wildman–Crippen LogP) is 15.4. The molecule has 0 spiro atoms. The summed E-state index contributed by atoms with van der Waals surface area (Å²) in [5.41, 5.74) is 16.7. The Balaban J connectivity index is 1.20. The Morgan fingerprint density at radius 3 is 0.743 bits per heavy atom. The molecular weight excluding hydrogens is 905 g/mol. The van der Waals surface area contributed by atoms with E-state index in [1.54, 1.807) is 30.3 Å². The molecule has 0 saturated carbocycles. The molecule has 12 rings (SSSR count). The van der Waals surface area contributed by atoms with Crippen LogP contribution in [0.2, 0.25) is 0 Å². The molecule has 338 valence electrons. The number of hydrogen-bond donors (Lipinski definition) is 0. The average Bonchev–Trinajstić information content (AvgIpc) is 3.99. The van der Waals surface area contributed by atoms with E-state index in [9.17, 15) is 31.6 Å². The first-order chi connectivity index (χ1) is 36.4. The van der Waals surface area contributed by atoms with Crippen LogP contribution < -0.4 is 0 Å². The van der Waals surface area contributed by atoms with E-state index in [-0.39, 0.29) is 0 Å². The van der Waals surface area contributed by atoms with Gasteiger partial charge in [-0.3, -0.25) is 0 Å². The van der Waals surface area contributed by atoms with Gasteiger partial charge in [0.15, 0.2) is 0 Å². The Bertz CT molecular complexity index is 4150. The van der Waals surface area contributed by atoms with Crippen molar-refractivity contribution in [3.05, 3.63) is 240 Å². The van der Waals surface area contributed by atoms with Gasteiger partial charge in [0, 0.05) is 27.1 Å². The minimum absolute atomic E-state index is 0.407. The summed E-state index contributed by atoms with van der Waals surface area (Å²) in [6.07, 6.45) is 0. The van der Waals surface area contributed by atoms with E-state index >= 15 is 0 Å². The van der Waals surface area contributed by atoms with E-state index in [4.69, 9.17) is 0 Å². The highest BCUT2D eigenvalue weighted by atomic mass is 15.0. The lowest BCUT2D eigenvalue weighted by molar-refractivity contribution is 1.13. The molecule has 0 amide bonds. The van der Waals surface area contributed by atoms with E-state index in [0.29, 0.717) is 44.8 Å². The van der Waals surface area contributed by atoms with Crippen LogP contribution in [0.5, 0.6) is 0 Å². The van der Waals surface area contributed by atoms with Gasteiger partial charge >= 0.3 is 0 Å². The van der Waals surface area contributed by atoms with Crippen molar-refractivity contribution in [3.63, 3.8) is 0 Å². The fourth-order valence-corrected chi connectivity index (χ4v) is 10.4. The quantitative estimate of drug-likeness (QED) is 0.155. The number of aromatic nitrogens is 2. The van der Waals surface area contributed by atoms with Crippen molar-refractivity contribution < 1.29 is 0 Å². The molecule has 74 heavy (non-hydrogen) atoms. The summed E-state index contributed by atoms with van der Waals surface area (Å²) in [5.74, 6) is 0. The Morgan fingerprint density at radius 2 is 0.473 bits per heavy atom. The second-order valence-corrected chi connectivity index (χ2v) is 18.1. The molecule has 10 aromatic carbocycles. The van der Waals surface area contributed by atoms with Crippen molar-refractivity contribution in [1.29, 1.82) is 31.6 Å². The third kappa shape index (κ3) is 7.44. The van der Waals surface area contributed by atoms with Crippen molar-refractivity contribution in [3.8, 4) is 103 Å². The summed E-state index contributed by atoms with van der Waals surface area (Å²) >= 11 is 0. The summed E-state index contributed by atoms with van der Waals surface area (Å²) in [7, 11) is 0. The molecule has 0 atom stereocenters. The molecule has 0 unspecified atom stereocenters. The van der Waals surface area contributed by atoms with Crippen LogP contribution in [0, 0.1) is 68.0 Å². The Kier molecular flexibility index (Phi) is 10.7. The number of fused-ring (bicyclic) bond motifs is 6. The SMILES string of the molecule is N#Cc1cccc(-c2ccc3c(c2)c2cc(-c4cccc(C#N)c4)ccc2n3-c2cc(C#N)cc(-n3c4ccc(-c5cccc(C#N)c5)cc4c4cc(-c5cccc(C#N)c5)ccc43)c2-c2cccc(C#N)c2)c1. The molecule has 8 nitrogen and oxygen atoms in total. The lowest BCUT2D eigenvalue weighted by atomic mass is 9.96. The fraction of sp³-hybridized carbons (Fsp3) is 0. The molecule has 0 radical (unpaired) electrons. The highest BCUT2D eigenvalue weighted by molar-refractivity contribution is 6.14. The number of nitriles is 6. The topological polar surface area (TPSA) is 153 Å². The van der Waals surface area contributed by atoms with Gasteiger partial charge in [0.1, 0.15) is 0 Å². The normalized spacial score (nSPS) is 10.9. The third-order valence-electron chi connectivity index (χ3n) is 13.8. The zero-order valence-corrected chi connectivity index (χ0v) is 39.2. The zero-order chi connectivity index (χ0) is 50.5. The molecule has 12 aromatic rings. The molecule has 0 fully saturated rings. The first-order valence-electron chi connectivity index (χ1n) is 23.6. The average molecular weight is 939 g/mol. The Morgan fingerprint density at radius 1 is 0.230 bits per heavy atom. The molecule has 0 aliphatic carbocycles. The third-order valence-corrected chi connectivity index (χ3v) is 13.8. The Hall–Kier alpha value is -11.3. The smallest absolute Gasteiger partial charge is 0.0993 e. The van der Waals surface area contributed by atoms with Crippen molar-refractivity contribution in [2.24, 2.45) is 0 Å². The molecule has 0 aliphatic rings. The monoisotopic (exact) mass is 938 g/mol. The van der Waals surface area contributed by atoms with Gasteiger partial charge < -0.3 is 9.13 Å². The highest BCUT2D eigenvalue weighted by Crippen LogP contribution is 2.45. The molecule has 0 N–H and O–H groups in total. The molecule has 0 bridgehead atoms. The van der Waals surface area contributed by atoms with Crippen molar-refractivity contribution >= 4 is 43.6 Å². The van der Waals surface area contributed by atoms with E-state index in [1.165, 1.54) is 0 Å². The lowest BCUT2D eigenvalue weighted by Gasteiger charge is -2.21. The number of benzene rings is 10. The summed E-state index contributed by atoms with van der Waals surface area (Å²) < 4.78 is 4.39. The van der Waals surface area contributed by atoms with Crippen LogP contribution >= 0.6 is 0 Å². The highest BCUT2D eigenvalue weighted by Gasteiger charge is 2.25. The van der Waals surface area contributed by atoms with Crippen LogP contribution in [0.4, 0.5) is 0 Å². The predicted molar refractivity (Wildman–Crippen MR) is 291 cm³/mol. The van der Waals surface area contributed by atoms with Gasteiger partial charge in [-0.15, -0.1) is 0 Å². The van der Waals surface area contributed by atoms with Gasteiger partial charge in [0.05, 0.1) is 103 Å². The molecule has 0 aliphatic heterocycles. The second-order valence-electron chi connectivity index (χ2n) is 18.1. The van der Waals surface area contributed by atoms with Crippen LogP contribution in [-0.2, 0) is 0 Å². The first-order valence-corrected chi connectivity index (χ1v) is 23.6. The van der Waals surface area contributed by atoms with Gasteiger partial charge in [-0.1, -0.05) is 84.9 Å². The summed E-state index contributed by atoms with van der Waals surface area (Å²) in [6.45, 7) is 0. The first kappa shape index (κ1) is 44.0. The van der Waals surface area contributed by atoms with E-state index in [2.05, 4.69) is 118 Å². The van der Waals surface area contributed by atoms with Gasteiger partial charge in [-0.25, -0.2) is 0 Å². The van der Waals surface area contributed by atoms with Crippen LogP contribution in [0.25, 0.3) is 111 Å². The summed E-state index contributed by atoms with van der Waals surface area (Å²) in [5, 5.41) is 64.6. The van der Waals surface area contributed by atoms with Gasteiger partial charge in [0.25, 0.3) is 0 Å². The van der Waals surface area contributed by atoms with E-state index in [0.717, 1.165) is 99.2 Å². The van der Waals surface area contributed by atoms with Crippen LogP contribution in [-0.4, -0.2) is 9.13 Å². The molecule has 2 heterocycles. The van der Waals surface area contributed by atoms with Crippen molar-refractivity contribution in [1.82, 2.24) is 9.13 Å². The van der Waals surface area contributed by atoms with Crippen molar-refractivity contribution in [2.75, 3.05) is 0 Å². The minimum Gasteiger partial charge on any atom is -0.308 e. The maximum absolute atomic E-state index is 11.1. The molecule has 2 aromatic heterocycles. The largest absolute Gasteiger partial charge is 0.308 e. The van der Waals surface area contributed by atoms with Crippen LogP contribution in [0.1, 0.15) is 33.4 Å². The summed E-state index contributed by atoms with van der Waals surface area (Å²) in [4.78, 5) is 0.